The number of nitrogens with zero attached hydrogens (tertiary/aromatic N) is 1. The summed E-state index contributed by atoms with van der Waals surface area (Å²) in [4.78, 5) is 38.6. The Hall–Kier alpha value is -3.55. The fraction of sp³-hybridized carbons (Fsp3) is 0.318. The molecule has 0 spiro atoms. The van der Waals surface area contributed by atoms with Crippen LogP contribution < -0.4 is 19.7 Å². The van der Waals surface area contributed by atoms with Crippen molar-refractivity contribution in [3.63, 3.8) is 0 Å². The van der Waals surface area contributed by atoms with Crippen LogP contribution in [0.2, 0.25) is 0 Å². The molecule has 1 saturated heterocycles. The monoisotopic (exact) mass is 410 g/mol. The Morgan fingerprint density at radius 1 is 1.10 bits per heavy atom. The maximum absolute atomic E-state index is 12.7. The van der Waals surface area contributed by atoms with E-state index in [1.54, 1.807) is 61.2 Å². The molecule has 2 aliphatic heterocycles. The Balaban J connectivity index is 1.38. The molecule has 2 aromatic rings. The molecule has 30 heavy (non-hydrogen) atoms. The number of ether oxygens (including phenoxy) is 3. The number of carbonyl (C=O) groups excluding carboxylic acids is 3. The Morgan fingerprint density at radius 2 is 1.83 bits per heavy atom. The molecule has 156 valence electrons. The van der Waals surface area contributed by atoms with E-state index >= 15 is 0 Å². The minimum absolute atomic E-state index is 0.124. The SMILES string of the molecule is CC(C)OC(=O)c1ccc(NC(=O)C2CC(=O)N(c3ccc4c(c3)OCO4)C2)cc1. The van der Waals surface area contributed by atoms with Crippen molar-refractivity contribution in [2.75, 3.05) is 23.6 Å². The van der Waals surface area contributed by atoms with Crippen LogP contribution in [0.3, 0.4) is 0 Å². The molecule has 2 amide bonds. The first-order chi connectivity index (χ1) is 14.4. The average Bonchev–Trinajstić information content (AvgIpc) is 3.33. The lowest BCUT2D eigenvalue weighted by Crippen LogP contribution is -2.28. The normalized spacial score (nSPS) is 17.4. The van der Waals surface area contributed by atoms with Gasteiger partial charge in [0.15, 0.2) is 11.5 Å². The van der Waals surface area contributed by atoms with Crippen molar-refractivity contribution in [3.05, 3.63) is 48.0 Å². The summed E-state index contributed by atoms with van der Waals surface area (Å²) in [6, 6.07) is 11.8. The van der Waals surface area contributed by atoms with Crippen LogP contribution in [0.15, 0.2) is 42.5 Å². The lowest BCUT2D eigenvalue weighted by molar-refractivity contribution is -0.122. The predicted molar refractivity (Wildman–Crippen MR) is 109 cm³/mol. The number of rotatable bonds is 5. The summed E-state index contributed by atoms with van der Waals surface area (Å²) in [5.74, 6) is -0.0354. The van der Waals surface area contributed by atoms with Crippen LogP contribution in [0.25, 0.3) is 0 Å². The van der Waals surface area contributed by atoms with Crippen LogP contribution in [0.4, 0.5) is 11.4 Å². The average molecular weight is 410 g/mol. The molecule has 2 aliphatic rings. The van der Waals surface area contributed by atoms with E-state index in [0.29, 0.717) is 28.4 Å². The lowest BCUT2D eigenvalue weighted by atomic mass is 10.1. The molecule has 2 heterocycles. The smallest absolute Gasteiger partial charge is 0.338 e. The highest BCUT2D eigenvalue weighted by Gasteiger charge is 2.35. The van der Waals surface area contributed by atoms with E-state index in [2.05, 4.69) is 5.32 Å². The molecule has 4 rings (SSSR count). The van der Waals surface area contributed by atoms with Crippen molar-refractivity contribution < 1.29 is 28.6 Å². The third kappa shape index (κ3) is 4.07. The predicted octanol–water partition coefficient (Wildman–Crippen LogP) is 2.97. The van der Waals surface area contributed by atoms with Gasteiger partial charge in [-0.1, -0.05) is 0 Å². The zero-order valence-electron chi connectivity index (χ0n) is 16.7. The number of esters is 1. The molecule has 0 aliphatic carbocycles. The number of hydrogen-bond acceptors (Lipinski definition) is 6. The van der Waals surface area contributed by atoms with Crippen molar-refractivity contribution in [3.8, 4) is 11.5 Å². The number of carbonyl (C=O) groups is 3. The maximum Gasteiger partial charge on any atom is 0.338 e. The molecule has 1 unspecified atom stereocenters. The second-order valence-corrected chi connectivity index (χ2v) is 7.46. The Kier molecular flexibility index (Phi) is 5.31. The number of nitrogens with one attached hydrogen (secondary N) is 1. The summed E-state index contributed by atoms with van der Waals surface area (Å²) in [5.41, 5.74) is 1.63. The summed E-state index contributed by atoms with van der Waals surface area (Å²) >= 11 is 0. The molecule has 1 atom stereocenters. The lowest BCUT2D eigenvalue weighted by Gasteiger charge is -2.17. The van der Waals surface area contributed by atoms with Gasteiger partial charge in [-0.05, 0) is 50.2 Å². The van der Waals surface area contributed by atoms with E-state index in [1.165, 1.54) is 0 Å². The van der Waals surface area contributed by atoms with Gasteiger partial charge in [0, 0.05) is 30.4 Å². The number of amides is 2. The fourth-order valence-electron chi connectivity index (χ4n) is 3.40. The van der Waals surface area contributed by atoms with E-state index in [9.17, 15) is 14.4 Å². The van der Waals surface area contributed by atoms with Gasteiger partial charge in [0.05, 0.1) is 17.6 Å². The van der Waals surface area contributed by atoms with Crippen molar-refractivity contribution >= 4 is 29.2 Å². The molecule has 8 heteroatoms. The van der Waals surface area contributed by atoms with Gasteiger partial charge < -0.3 is 24.4 Å². The van der Waals surface area contributed by atoms with Crippen molar-refractivity contribution in [2.45, 2.75) is 26.4 Å². The van der Waals surface area contributed by atoms with Crippen LogP contribution >= 0.6 is 0 Å². The van der Waals surface area contributed by atoms with Gasteiger partial charge in [-0.2, -0.15) is 0 Å². The van der Waals surface area contributed by atoms with E-state index in [1.807, 2.05) is 0 Å². The second kappa shape index (κ2) is 8.06. The second-order valence-electron chi connectivity index (χ2n) is 7.46. The fourth-order valence-corrected chi connectivity index (χ4v) is 3.40. The third-order valence-corrected chi connectivity index (χ3v) is 4.89. The standard InChI is InChI=1S/C22H22N2O6/c1-13(2)30-22(27)14-3-5-16(6-4-14)23-21(26)15-9-20(25)24(11-15)17-7-8-18-19(10-17)29-12-28-18/h3-8,10,13,15H,9,11-12H2,1-2H3,(H,23,26). The highest BCUT2D eigenvalue weighted by molar-refractivity contribution is 6.03. The van der Waals surface area contributed by atoms with Crippen molar-refractivity contribution in [2.24, 2.45) is 5.92 Å². The molecule has 0 radical (unpaired) electrons. The van der Waals surface area contributed by atoms with Crippen molar-refractivity contribution in [1.82, 2.24) is 0 Å². The van der Waals surface area contributed by atoms with E-state index < -0.39 is 11.9 Å². The number of benzene rings is 2. The van der Waals surface area contributed by atoms with Gasteiger partial charge in [-0.3, -0.25) is 9.59 Å². The van der Waals surface area contributed by atoms with E-state index in [-0.39, 0.29) is 37.7 Å². The molecule has 8 nitrogen and oxygen atoms in total. The minimum Gasteiger partial charge on any atom is -0.459 e. The molecular weight excluding hydrogens is 388 g/mol. The number of hydrogen-bond donors (Lipinski definition) is 1. The van der Waals surface area contributed by atoms with Gasteiger partial charge in [-0.25, -0.2) is 4.79 Å². The summed E-state index contributed by atoms with van der Waals surface area (Å²) < 4.78 is 15.8. The Labute approximate surface area is 173 Å². The molecule has 2 aromatic carbocycles. The first kappa shape index (κ1) is 19.8. The quantitative estimate of drug-likeness (QED) is 0.762. The van der Waals surface area contributed by atoms with Gasteiger partial charge in [-0.15, -0.1) is 0 Å². The zero-order valence-corrected chi connectivity index (χ0v) is 16.7. The van der Waals surface area contributed by atoms with Gasteiger partial charge in [0.25, 0.3) is 0 Å². The van der Waals surface area contributed by atoms with Crippen LogP contribution in [-0.2, 0) is 14.3 Å². The van der Waals surface area contributed by atoms with Crippen LogP contribution in [0.1, 0.15) is 30.6 Å². The minimum atomic E-state index is -0.478. The third-order valence-electron chi connectivity index (χ3n) is 4.89. The maximum atomic E-state index is 12.7. The molecule has 0 aromatic heterocycles. The summed E-state index contributed by atoms with van der Waals surface area (Å²) in [6.45, 7) is 4.00. The van der Waals surface area contributed by atoms with Crippen LogP contribution in [0.5, 0.6) is 11.5 Å². The van der Waals surface area contributed by atoms with Gasteiger partial charge in [0.1, 0.15) is 0 Å². The molecule has 1 fully saturated rings. The van der Waals surface area contributed by atoms with Crippen LogP contribution in [0, 0.1) is 5.92 Å². The molecule has 0 saturated carbocycles. The largest absolute Gasteiger partial charge is 0.459 e. The number of fused-ring (bicyclic) bond motifs is 1. The van der Waals surface area contributed by atoms with Gasteiger partial charge in [0.2, 0.25) is 18.6 Å². The van der Waals surface area contributed by atoms with Crippen molar-refractivity contribution in [1.29, 1.82) is 0 Å². The Bertz CT molecular complexity index is 986. The first-order valence-corrected chi connectivity index (χ1v) is 9.72. The van der Waals surface area contributed by atoms with Crippen LogP contribution in [-0.4, -0.2) is 37.2 Å². The summed E-state index contributed by atoms with van der Waals surface area (Å²) in [7, 11) is 0. The zero-order chi connectivity index (χ0) is 21.3. The Morgan fingerprint density at radius 3 is 2.57 bits per heavy atom. The summed E-state index contributed by atoms with van der Waals surface area (Å²) in [5, 5.41) is 2.81. The van der Waals surface area contributed by atoms with E-state index in [0.717, 1.165) is 0 Å². The number of anilines is 2. The van der Waals surface area contributed by atoms with E-state index in [4.69, 9.17) is 14.2 Å². The molecule has 0 bridgehead atoms. The highest BCUT2D eigenvalue weighted by atomic mass is 16.7. The highest BCUT2D eigenvalue weighted by Crippen LogP contribution is 2.37. The summed E-state index contributed by atoms with van der Waals surface area (Å²) in [6.07, 6.45) is -0.0801. The topological polar surface area (TPSA) is 94.2 Å². The molecule has 1 N–H and O–H groups in total. The van der Waals surface area contributed by atoms with Gasteiger partial charge >= 0.3 is 5.97 Å². The first-order valence-electron chi connectivity index (χ1n) is 9.72. The molecular formula is C22H22N2O6.